The second kappa shape index (κ2) is 6.07. The van der Waals surface area contributed by atoms with Gasteiger partial charge in [0.05, 0.1) is 11.7 Å². The Morgan fingerprint density at radius 2 is 2.20 bits per heavy atom. The summed E-state index contributed by atoms with van der Waals surface area (Å²) in [4.78, 5) is 8.86. The van der Waals surface area contributed by atoms with Crippen molar-refractivity contribution in [2.75, 3.05) is 11.1 Å². The quantitative estimate of drug-likeness (QED) is 0.748. The van der Waals surface area contributed by atoms with E-state index in [-0.39, 0.29) is 5.82 Å². The Morgan fingerprint density at radius 3 is 3.04 bits per heavy atom. The van der Waals surface area contributed by atoms with E-state index in [1.165, 1.54) is 17.8 Å². The lowest BCUT2D eigenvalue weighted by Gasteiger charge is -2.30. The zero-order valence-electron chi connectivity index (χ0n) is 13.7. The summed E-state index contributed by atoms with van der Waals surface area (Å²) in [5.41, 5.74) is 7.41. The molecule has 3 N–H and O–H groups in total. The third kappa shape index (κ3) is 2.95. The zero-order chi connectivity index (χ0) is 17.4. The van der Waals surface area contributed by atoms with E-state index in [0.717, 1.165) is 29.3 Å². The van der Waals surface area contributed by atoms with Crippen molar-refractivity contribution in [2.45, 2.75) is 18.9 Å². The topological polar surface area (TPSA) is 67.7 Å². The van der Waals surface area contributed by atoms with Crippen LogP contribution in [0.5, 0.6) is 0 Å². The number of rotatable bonds is 3. The lowest BCUT2D eigenvalue weighted by atomic mass is 9.89. The lowest BCUT2D eigenvalue weighted by Crippen LogP contribution is -2.29. The molecule has 1 atom stereocenters. The minimum atomic E-state index is -0.642. The largest absolute Gasteiger partial charge is 0.379 e. The monoisotopic (exact) mass is 355 g/mol. The molecule has 2 aromatic heterocycles. The molecule has 25 heavy (non-hydrogen) atoms. The van der Waals surface area contributed by atoms with Gasteiger partial charge in [-0.15, -0.1) is 0 Å². The van der Waals surface area contributed by atoms with Crippen molar-refractivity contribution in [2.24, 2.45) is 10.7 Å². The van der Waals surface area contributed by atoms with Gasteiger partial charge in [-0.1, -0.05) is 17.8 Å². The third-order valence-corrected chi connectivity index (χ3v) is 5.23. The molecular weight excluding hydrogens is 337 g/mol. The number of hydrogen-bond donors (Lipinski definition) is 2. The van der Waals surface area contributed by atoms with Crippen molar-refractivity contribution in [1.29, 1.82) is 0 Å². The van der Waals surface area contributed by atoms with Crippen LogP contribution in [0.4, 0.5) is 15.9 Å². The molecule has 5 nitrogen and oxygen atoms in total. The molecule has 0 amide bonds. The molecule has 1 aromatic carbocycles. The number of imidazole rings is 1. The summed E-state index contributed by atoms with van der Waals surface area (Å²) in [5.74, 6) is 1.38. The number of anilines is 2. The second-order valence-corrected chi connectivity index (χ2v) is 7.33. The number of nitrogens with zero attached hydrogens (tertiary/aromatic N) is 3. The van der Waals surface area contributed by atoms with Crippen molar-refractivity contribution in [3.05, 3.63) is 60.2 Å². The predicted octanol–water partition coefficient (Wildman–Crippen LogP) is 3.88. The number of amidine groups is 1. The molecule has 0 fully saturated rings. The summed E-state index contributed by atoms with van der Waals surface area (Å²) in [6.07, 6.45) is 4.43. The van der Waals surface area contributed by atoms with Gasteiger partial charge in [-0.3, -0.25) is 9.39 Å². The molecule has 1 aliphatic rings. The Hall–Kier alpha value is -2.54. The van der Waals surface area contributed by atoms with E-state index in [2.05, 4.69) is 15.3 Å². The highest BCUT2D eigenvalue weighted by Crippen LogP contribution is 2.37. The van der Waals surface area contributed by atoms with Gasteiger partial charge in [0.25, 0.3) is 0 Å². The summed E-state index contributed by atoms with van der Waals surface area (Å²) < 4.78 is 16.4. The Labute approximate surface area is 149 Å². The van der Waals surface area contributed by atoms with Gasteiger partial charge in [-0.05, 0) is 43.7 Å². The standard InChI is InChI=1S/C18H18FN5S/c1-18(7-9-25-17(20)23-18)13-10-12(5-6-14(13)19)22-16-11-21-15-4-2-3-8-24(15)16/h2-6,8,10-11,22H,7,9H2,1H3,(H2,20,23)/t18-/m0/s1. The second-order valence-electron chi connectivity index (χ2n) is 6.21. The van der Waals surface area contributed by atoms with Crippen LogP contribution in [-0.4, -0.2) is 20.3 Å². The summed E-state index contributed by atoms with van der Waals surface area (Å²) in [5, 5.41) is 3.82. The molecule has 0 unspecified atom stereocenters. The smallest absolute Gasteiger partial charge is 0.154 e. The fourth-order valence-electron chi connectivity index (χ4n) is 3.07. The summed E-state index contributed by atoms with van der Waals surface area (Å²) in [6.45, 7) is 1.93. The number of thioether (sulfide) groups is 1. The minimum absolute atomic E-state index is 0.269. The van der Waals surface area contributed by atoms with Crippen molar-refractivity contribution in [3.8, 4) is 0 Å². The molecule has 0 bridgehead atoms. The van der Waals surface area contributed by atoms with E-state index < -0.39 is 5.54 Å². The molecule has 3 aromatic rings. The normalized spacial score (nSPS) is 20.5. The average Bonchev–Trinajstić information content (AvgIpc) is 2.99. The average molecular weight is 355 g/mol. The Balaban J connectivity index is 1.71. The molecular formula is C18H18FN5S. The van der Waals surface area contributed by atoms with E-state index in [1.54, 1.807) is 12.3 Å². The van der Waals surface area contributed by atoms with Gasteiger partial charge in [0.2, 0.25) is 0 Å². The first-order valence-corrected chi connectivity index (χ1v) is 9.01. The molecule has 0 aliphatic carbocycles. The Kier molecular flexibility index (Phi) is 3.88. The number of hydrogen-bond acceptors (Lipinski definition) is 5. The van der Waals surface area contributed by atoms with Gasteiger partial charge in [0, 0.05) is 23.2 Å². The number of nitrogens with two attached hydrogens (primary N) is 1. The molecule has 128 valence electrons. The van der Waals surface area contributed by atoms with Crippen molar-refractivity contribution in [1.82, 2.24) is 9.38 Å². The predicted molar refractivity (Wildman–Crippen MR) is 101 cm³/mol. The van der Waals surface area contributed by atoms with E-state index in [4.69, 9.17) is 5.73 Å². The number of aromatic nitrogens is 2. The first-order chi connectivity index (χ1) is 12.0. The lowest BCUT2D eigenvalue weighted by molar-refractivity contribution is 0.450. The van der Waals surface area contributed by atoms with Crippen LogP contribution in [-0.2, 0) is 5.54 Å². The maximum absolute atomic E-state index is 14.5. The number of fused-ring (bicyclic) bond motifs is 1. The Morgan fingerprint density at radius 1 is 1.32 bits per heavy atom. The molecule has 4 rings (SSSR count). The van der Waals surface area contributed by atoms with Gasteiger partial charge in [0.1, 0.15) is 17.3 Å². The van der Waals surface area contributed by atoms with Gasteiger partial charge >= 0.3 is 0 Å². The molecule has 7 heteroatoms. The molecule has 3 heterocycles. The number of pyridine rings is 1. The van der Waals surface area contributed by atoms with Crippen molar-refractivity contribution < 1.29 is 4.39 Å². The van der Waals surface area contributed by atoms with Crippen LogP contribution in [0.2, 0.25) is 0 Å². The highest BCUT2D eigenvalue weighted by atomic mass is 32.2. The highest BCUT2D eigenvalue weighted by molar-refractivity contribution is 8.13. The van der Waals surface area contributed by atoms with Gasteiger partial charge in [-0.2, -0.15) is 0 Å². The molecule has 1 aliphatic heterocycles. The SMILES string of the molecule is C[C@@]1(c2cc(Nc3cnc4ccccn34)ccc2F)CCSC(N)=N1. The van der Waals surface area contributed by atoms with E-state index in [1.807, 2.05) is 41.8 Å². The number of halogens is 1. The van der Waals surface area contributed by atoms with Crippen LogP contribution in [0.15, 0.2) is 53.8 Å². The van der Waals surface area contributed by atoms with Crippen molar-refractivity contribution in [3.63, 3.8) is 0 Å². The number of aliphatic imine (C=N–C) groups is 1. The number of nitrogens with one attached hydrogen (secondary N) is 1. The summed E-state index contributed by atoms with van der Waals surface area (Å²) in [6, 6.07) is 10.8. The van der Waals surface area contributed by atoms with Crippen LogP contribution in [0.1, 0.15) is 18.9 Å². The van der Waals surface area contributed by atoms with Crippen molar-refractivity contribution >= 4 is 34.1 Å². The van der Waals surface area contributed by atoms with Crippen LogP contribution in [0.3, 0.4) is 0 Å². The molecule has 0 saturated carbocycles. The summed E-state index contributed by atoms with van der Waals surface area (Å²) in [7, 11) is 0. The maximum Gasteiger partial charge on any atom is 0.154 e. The minimum Gasteiger partial charge on any atom is -0.379 e. The van der Waals surface area contributed by atoms with Gasteiger partial charge in [0.15, 0.2) is 5.17 Å². The van der Waals surface area contributed by atoms with E-state index >= 15 is 0 Å². The van der Waals surface area contributed by atoms with Crippen LogP contribution in [0.25, 0.3) is 5.65 Å². The van der Waals surface area contributed by atoms with E-state index in [9.17, 15) is 4.39 Å². The first kappa shape index (κ1) is 16.0. The summed E-state index contributed by atoms with van der Waals surface area (Å²) >= 11 is 1.51. The fourth-order valence-corrected chi connectivity index (χ4v) is 4.04. The van der Waals surface area contributed by atoms with Gasteiger partial charge in [-0.25, -0.2) is 9.37 Å². The Bertz CT molecular complexity index is 967. The van der Waals surface area contributed by atoms with Crippen LogP contribution < -0.4 is 11.1 Å². The van der Waals surface area contributed by atoms with Crippen LogP contribution >= 0.6 is 11.8 Å². The van der Waals surface area contributed by atoms with E-state index in [0.29, 0.717) is 10.7 Å². The zero-order valence-corrected chi connectivity index (χ0v) is 14.6. The highest BCUT2D eigenvalue weighted by Gasteiger charge is 2.32. The maximum atomic E-state index is 14.5. The first-order valence-electron chi connectivity index (χ1n) is 8.02. The molecule has 0 spiro atoms. The fraction of sp³-hybridized carbons (Fsp3) is 0.222. The van der Waals surface area contributed by atoms with Crippen LogP contribution in [0, 0.1) is 5.82 Å². The number of benzene rings is 1. The molecule has 0 radical (unpaired) electrons. The van der Waals surface area contributed by atoms with Gasteiger partial charge < -0.3 is 11.1 Å². The third-order valence-electron chi connectivity index (χ3n) is 4.43. The molecule has 0 saturated heterocycles.